The van der Waals surface area contributed by atoms with Crippen LogP contribution in [-0.2, 0) is 9.47 Å². The van der Waals surface area contributed by atoms with Crippen LogP contribution in [0.1, 0.15) is 17.5 Å². The Kier molecular flexibility index (Phi) is 6.66. The third kappa shape index (κ3) is 5.23. The Morgan fingerprint density at radius 2 is 2.03 bits per heavy atom. The van der Waals surface area contributed by atoms with Gasteiger partial charge in [0, 0.05) is 38.0 Å². The van der Waals surface area contributed by atoms with Crippen LogP contribution in [0.2, 0.25) is 0 Å². The Hall–Kier alpha value is -3.45. The Labute approximate surface area is 182 Å². The molecule has 32 heavy (non-hydrogen) atoms. The van der Waals surface area contributed by atoms with Gasteiger partial charge in [0.1, 0.15) is 11.5 Å². The van der Waals surface area contributed by atoms with Crippen LogP contribution in [0.25, 0.3) is 0 Å². The van der Waals surface area contributed by atoms with Crippen LogP contribution in [0.5, 0.6) is 6.01 Å². The summed E-state index contributed by atoms with van der Waals surface area (Å²) in [5.74, 6) is -0.603. The number of aryl methyl sites for hydroxylation is 1. The molecule has 2 N–H and O–H groups in total. The zero-order valence-corrected chi connectivity index (χ0v) is 17.5. The van der Waals surface area contributed by atoms with Crippen LogP contribution in [0.15, 0.2) is 18.3 Å². The molecule has 3 aromatic heterocycles. The summed E-state index contributed by atoms with van der Waals surface area (Å²) in [6, 6.07) is 2.43. The first-order valence-electron chi connectivity index (χ1n) is 9.86. The minimum absolute atomic E-state index is 0.0601. The second-order valence-electron chi connectivity index (χ2n) is 6.98. The number of methoxy groups -OCH3 is 1. The van der Waals surface area contributed by atoms with Gasteiger partial charge < -0.3 is 24.4 Å². The standard InChI is InChI=1S/C19H22F2N8O3/c1-11-7-15(28-27-11)23-17-24-18(29-3-5-31-6-4-29)26-19(25-17)32-14(10-30-2)16-13(21)8-12(20)9-22-16/h7-9,14H,3-6,10H2,1-2H3,(H2,23,24,25,26,27,28). The second kappa shape index (κ2) is 9.78. The zero-order chi connectivity index (χ0) is 22.5. The van der Waals surface area contributed by atoms with Gasteiger partial charge in [-0.3, -0.25) is 10.1 Å². The number of rotatable bonds is 8. The first-order valence-corrected chi connectivity index (χ1v) is 9.86. The number of aromatic amines is 1. The first kappa shape index (κ1) is 21.8. The van der Waals surface area contributed by atoms with Crippen LogP contribution in [-0.4, -0.2) is 70.2 Å². The summed E-state index contributed by atoms with van der Waals surface area (Å²) in [7, 11) is 1.43. The fraction of sp³-hybridized carbons (Fsp3) is 0.421. The number of hydrogen-bond donors (Lipinski definition) is 2. The highest BCUT2D eigenvalue weighted by Gasteiger charge is 2.24. The van der Waals surface area contributed by atoms with Crippen LogP contribution < -0.4 is 15.0 Å². The van der Waals surface area contributed by atoms with Crippen molar-refractivity contribution in [3.8, 4) is 6.01 Å². The van der Waals surface area contributed by atoms with Gasteiger partial charge in [-0.25, -0.2) is 8.78 Å². The molecule has 4 heterocycles. The molecule has 0 aromatic carbocycles. The van der Waals surface area contributed by atoms with E-state index in [1.165, 1.54) is 7.11 Å². The highest BCUT2D eigenvalue weighted by molar-refractivity contribution is 5.50. The van der Waals surface area contributed by atoms with Crippen LogP contribution >= 0.6 is 0 Å². The van der Waals surface area contributed by atoms with Gasteiger partial charge in [0.25, 0.3) is 0 Å². The highest BCUT2D eigenvalue weighted by Crippen LogP contribution is 2.24. The molecule has 0 saturated carbocycles. The van der Waals surface area contributed by atoms with Crippen molar-refractivity contribution >= 4 is 17.7 Å². The van der Waals surface area contributed by atoms with Crippen molar-refractivity contribution in [1.82, 2.24) is 30.1 Å². The predicted molar refractivity (Wildman–Crippen MR) is 109 cm³/mol. The molecule has 0 aliphatic carbocycles. The summed E-state index contributed by atoms with van der Waals surface area (Å²) in [4.78, 5) is 18.8. The lowest BCUT2D eigenvalue weighted by atomic mass is 10.2. The van der Waals surface area contributed by atoms with E-state index in [2.05, 4.69) is 35.5 Å². The van der Waals surface area contributed by atoms with E-state index in [0.29, 0.717) is 38.1 Å². The predicted octanol–water partition coefficient (Wildman–Crippen LogP) is 1.92. The van der Waals surface area contributed by atoms with Gasteiger partial charge in [-0.2, -0.15) is 20.1 Å². The zero-order valence-electron chi connectivity index (χ0n) is 17.5. The molecule has 0 amide bonds. The Morgan fingerprint density at radius 3 is 2.72 bits per heavy atom. The second-order valence-corrected chi connectivity index (χ2v) is 6.98. The van der Waals surface area contributed by atoms with Gasteiger partial charge in [-0.1, -0.05) is 0 Å². The summed E-state index contributed by atoms with van der Waals surface area (Å²) in [6.07, 6.45) is -0.106. The topological polar surface area (TPSA) is 123 Å². The van der Waals surface area contributed by atoms with Crippen LogP contribution in [0.3, 0.4) is 0 Å². The van der Waals surface area contributed by atoms with Crippen molar-refractivity contribution in [2.45, 2.75) is 13.0 Å². The normalized spacial score (nSPS) is 14.9. The van der Waals surface area contributed by atoms with E-state index in [-0.39, 0.29) is 24.3 Å². The quantitative estimate of drug-likeness (QED) is 0.528. The van der Waals surface area contributed by atoms with Gasteiger partial charge in [0.05, 0.1) is 26.0 Å². The third-order valence-electron chi connectivity index (χ3n) is 4.55. The maximum Gasteiger partial charge on any atom is 0.323 e. The average molecular weight is 448 g/mol. The number of anilines is 3. The smallest absolute Gasteiger partial charge is 0.323 e. The number of H-pyrrole nitrogens is 1. The minimum Gasteiger partial charge on any atom is -0.451 e. The lowest BCUT2D eigenvalue weighted by molar-refractivity contribution is 0.0690. The molecule has 1 aliphatic rings. The summed E-state index contributed by atoms with van der Waals surface area (Å²) >= 11 is 0. The van der Waals surface area contributed by atoms with Crippen LogP contribution in [0, 0.1) is 18.6 Å². The number of pyridine rings is 1. The molecule has 1 saturated heterocycles. The van der Waals surface area contributed by atoms with E-state index >= 15 is 0 Å². The maximum atomic E-state index is 14.3. The van der Waals surface area contributed by atoms with Crippen molar-refractivity contribution in [3.63, 3.8) is 0 Å². The van der Waals surface area contributed by atoms with Gasteiger partial charge >= 0.3 is 6.01 Å². The number of morpholine rings is 1. The van der Waals surface area contributed by atoms with E-state index in [1.807, 2.05) is 11.8 Å². The molecule has 1 unspecified atom stereocenters. The van der Waals surface area contributed by atoms with Gasteiger partial charge in [-0.15, -0.1) is 0 Å². The summed E-state index contributed by atoms with van der Waals surface area (Å²) in [6.45, 7) is 4.02. The molecular weight excluding hydrogens is 426 g/mol. The Balaban J connectivity index is 1.66. The van der Waals surface area contributed by atoms with E-state index in [1.54, 1.807) is 6.07 Å². The number of halogens is 2. The fourth-order valence-corrected chi connectivity index (χ4v) is 3.07. The van der Waals surface area contributed by atoms with Crippen LogP contribution in [0.4, 0.5) is 26.5 Å². The molecule has 11 nitrogen and oxygen atoms in total. The molecule has 4 rings (SSSR count). The van der Waals surface area contributed by atoms with E-state index in [9.17, 15) is 8.78 Å². The largest absolute Gasteiger partial charge is 0.451 e. The number of aromatic nitrogens is 6. The fourth-order valence-electron chi connectivity index (χ4n) is 3.07. The minimum atomic E-state index is -1.01. The van der Waals surface area contributed by atoms with Crippen molar-refractivity contribution < 1.29 is 23.0 Å². The number of ether oxygens (including phenoxy) is 3. The first-order chi connectivity index (χ1) is 15.5. The van der Waals surface area contributed by atoms with Crippen molar-refractivity contribution in [3.05, 3.63) is 41.4 Å². The van der Waals surface area contributed by atoms with Gasteiger partial charge in [-0.05, 0) is 6.92 Å². The lowest BCUT2D eigenvalue weighted by Crippen LogP contribution is -2.37. The SMILES string of the molecule is COCC(Oc1nc(Nc2cc(C)[nH]n2)nc(N2CCOCC2)n1)c1ncc(F)cc1F. The number of nitrogens with one attached hydrogen (secondary N) is 2. The van der Waals surface area contributed by atoms with Crippen molar-refractivity contribution in [2.24, 2.45) is 0 Å². The summed E-state index contributed by atoms with van der Waals surface area (Å²) < 4.78 is 44.0. The van der Waals surface area contributed by atoms with Crippen molar-refractivity contribution in [2.75, 3.05) is 50.2 Å². The molecule has 170 valence electrons. The van der Waals surface area contributed by atoms with E-state index in [0.717, 1.165) is 18.0 Å². The molecule has 0 radical (unpaired) electrons. The van der Waals surface area contributed by atoms with Gasteiger partial charge in [0.2, 0.25) is 11.9 Å². The molecule has 3 aromatic rings. The van der Waals surface area contributed by atoms with E-state index in [4.69, 9.17) is 14.2 Å². The monoisotopic (exact) mass is 448 g/mol. The summed E-state index contributed by atoms with van der Waals surface area (Å²) in [5, 5.41) is 9.93. The van der Waals surface area contributed by atoms with Gasteiger partial charge in [0.15, 0.2) is 17.7 Å². The van der Waals surface area contributed by atoms with E-state index < -0.39 is 17.7 Å². The third-order valence-corrected chi connectivity index (χ3v) is 4.55. The molecule has 13 heteroatoms. The molecule has 1 aliphatic heterocycles. The number of hydrogen-bond acceptors (Lipinski definition) is 10. The molecule has 0 spiro atoms. The Morgan fingerprint density at radius 1 is 1.22 bits per heavy atom. The summed E-state index contributed by atoms with van der Waals surface area (Å²) in [5.41, 5.74) is 0.725. The molecule has 1 atom stereocenters. The van der Waals surface area contributed by atoms with Crippen molar-refractivity contribution in [1.29, 1.82) is 0 Å². The lowest BCUT2D eigenvalue weighted by Gasteiger charge is -2.27. The molecule has 1 fully saturated rings. The maximum absolute atomic E-state index is 14.3. The molecule has 0 bridgehead atoms. The highest BCUT2D eigenvalue weighted by atomic mass is 19.1. The molecular formula is C19H22F2N8O3. The average Bonchev–Trinajstić information content (AvgIpc) is 3.18. The number of nitrogens with zero attached hydrogens (tertiary/aromatic N) is 6. The Bertz CT molecular complexity index is 1060.